The summed E-state index contributed by atoms with van der Waals surface area (Å²) < 4.78 is 32.2. The van der Waals surface area contributed by atoms with E-state index in [4.69, 9.17) is 4.74 Å². The number of rotatable bonds is 7. The molecule has 1 aromatic carbocycles. The van der Waals surface area contributed by atoms with Crippen molar-refractivity contribution in [2.75, 3.05) is 32.7 Å². The van der Waals surface area contributed by atoms with Crippen molar-refractivity contribution < 1.29 is 27.5 Å². The molecule has 1 N–H and O–H groups in total. The van der Waals surface area contributed by atoms with Gasteiger partial charge in [-0.2, -0.15) is 4.31 Å². The van der Waals surface area contributed by atoms with E-state index < -0.39 is 28.0 Å². The van der Waals surface area contributed by atoms with E-state index in [1.54, 1.807) is 4.90 Å². The lowest BCUT2D eigenvalue weighted by Gasteiger charge is -2.33. The van der Waals surface area contributed by atoms with Crippen LogP contribution in [0, 0.1) is 0 Å². The lowest BCUT2D eigenvalue weighted by atomic mass is 10.2. The van der Waals surface area contributed by atoms with E-state index >= 15 is 0 Å². The summed E-state index contributed by atoms with van der Waals surface area (Å²) in [7, 11) is -3.83. The number of carbonyl (C=O) groups excluding carboxylic acids is 3. The fraction of sp³-hybridized carbons (Fsp3) is 0.421. The molecule has 0 radical (unpaired) electrons. The molecule has 1 aromatic rings. The second-order valence-corrected chi connectivity index (χ2v) is 8.46. The summed E-state index contributed by atoms with van der Waals surface area (Å²) in [5.74, 6) is -1.38. The van der Waals surface area contributed by atoms with Crippen LogP contribution < -0.4 is 5.32 Å². The van der Waals surface area contributed by atoms with Gasteiger partial charge in [-0.25, -0.2) is 13.2 Å². The third kappa shape index (κ3) is 5.64. The van der Waals surface area contributed by atoms with Gasteiger partial charge >= 0.3 is 5.97 Å². The Morgan fingerprint density at radius 2 is 1.90 bits per heavy atom. The number of nitrogens with one attached hydrogen (secondary N) is 1. The van der Waals surface area contributed by atoms with E-state index in [0.29, 0.717) is 13.1 Å². The highest BCUT2D eigenvalue weighted by Gasteiger charge is 2.30. The van der Waals surface area contributed by atoms with Gasteiger partial charge in [0.2, 0.25) is 15.9 Å². The number of ether oxygens (including phenoxy) is 1. The number of piperazine rings is 1. The highest BCUT2D eigenvalue weighted by Crippen LogP contribution is 2.19. The minimum absolute atomic E-state index is 0.0248. The van der Waals surface area contributed by atoms with Crippen LogP contribution >= 0.6 is 0 Å². The zero-order chi connectivity index (χ0) is 21.6. The summed E-state index contributed by atoms with van der Waals surface area (Å²) >= 11 is 0. The first-order valence-electron chi connectivity index (χ1n) is 9.12. The van der Waals surface area contributed by atoms with E-state index in [0.717, 1.165) is 0 Å². The highest BCUT2D eigenvalue weighted by atomic mass is 32.2. The van der Waals surface area contributed by atoms with Crippen molar-refractivity contribution in [1.82, 2.24) is 14.5 Å². The first kappa shape index (κ1) is 22.6. The number of hydrogen-bond donors (Lipinski definition) is 1. The smallest absolute Gasteiger partial charge is 0.338 e. The number of benzene rings is 1. The number of esters is 1. The first-order valence-corrected chi connectivity index (χ1v) is 10.6. The number of amides is 2. The summed E-state index contributed by atoms with van der Waals surface area (Å²) in [5.41, 5.74) is 0.0248. The standard InChI is InChI=1S/C19H25N3O6S/c1-4-8-20-18(24)14(2)28-19(25)16-6-5-7-17(13-16)29(26,27)22-11-9-21(10-12-22)15(3)23/h4-7,13-14H,1,8-12H2,2-3H3,(H,20,24)/t14-/m1/s1. The maximum Gasteiger partial charge on any atom is 0.338 e. The van der Waals surface area contributed by atoms with Gasteiger partial charge in [0, 0.05) is 39.6 Å². The Bertz CT molecular complexity index is 891. The van der Waals surface area contributed by atoms with E-state index in [1.807, 2.05) is 0 Å². The summed E-state index contributed by atoms with van der Waals surface area (Å²) in [6, 6.07) is 5.48. The van der Waals surface area contributed by atoms with Gasteiger partial charge in [0.25, 0.3) is 5.91 Å². The highest BCUT2D eigenvalue weighted by molar-refractivity contribution is 7.89. The van der Waals surface area contributed by atoms with Gasteiger partial charge in [-0.15, -0.1) is 6.58 Å². The minimum atomic E-state index is -3.83. The lowest BCUT2D eigenvalue weighted by Crippen LogP contribution is -2.49. The third-order valence-corrected chi connectivity index (χ3v) is 6.36. The van der Waals surface area contributed by atoms with Gasteiger partial charge in [-0.3, -0.25) is 9.59 Å². The molecule has 1 atom stereocenters. The molecule has 9 nitrogen and oxygen atoms in total. The lowest BCUT2D eigenvalue weighted by molar-refractivity contribution is -0.130. The summed E-state index contributed by atoms with van der Waals surface area (Å²) in [5, 5.41) is 2.51. The van der Waals surface area contributed by atoms with Gasteiger partial charge < -0.3 is 15.0 Å². The summed E-state index contributed by atoms with van der Waals surface area (Å²) in [6.07, 6.45) is 0.458. The van der Waals surface area contributed by atoms with Crippen molar-refractivity contribution in [2.24, 2.45) is 0 Å². The maximum atomic E-state index is 12.9. The molecule has 158 valence electrons. The minimum Gasteiger partial charge on any atom is -0.449 e. The summed E-state index contributed by atoms with van der Waals surface area (Å²) in [4.78, 5) is 37.1. The second kappa shape index (κ2) is 9.66. The maximum absolute atomic E-state index is 12.9. The van der Waals surface area contributed by atoms with Gasteiger partial charge in [0.15, 0.2) is 6.10 Å². The van der Waals surface area contributed by atoms with Crippen LogP contribution in [-0.4, -0.2) is 74.2 Å². The molecular weight excluding hydrogens is 398 g/mol. The molecule has 2 amide bonds. The molecule has 0 bridgehead atoms. The van der Waals surface area contributed by atoms with Crippen LogP contribution in [0.2, 0.25) is 0 Å². The SMILES string of the molecule is C=CCNC(=O)[C@@H](C)OC(=O)c1cccc(S(=O)(=O)N2CCN(C(C)=O)CC2)c1. The largest absolute Gasteiger partial charge is 0.449 e. The molecule has 1 saturated heterocycles. The van der Waals surface area contributed by atoms with E-state index in [2.05, 4.69) is 11.9 Å². The normalized spacial score (nSPS) is 16.0. The van der Waals surface area contributed by atoms with Crippen molar-refractivity contribution in [2.45, 2.75) is 24.8 Å². The molecule has 0 saturated carbocycles. The fourth-order valence-corrected chi connectivity index (χ4v) is 4.24. The molecular formula is C19H25N3O6S. The zero-order valence-corrected chi connectivity index (χ0v) is 17.3. The van der Waals surface area contributed by atoms with Crippen LogP contribution in [0.5, 0.6) is 0 Å². The molecule has 0 aliphatic carbocycles. The Labute approximate surface area is 170 Å². The average molecular weight is 423 g/mol. The molecule has 1 aliphatic rings. The van der Waals surface area contributed by atoms with Crippen molar-refractivity contribution in [3.8, 4) is 0 Å². The van der Waals surface area contributed by atoms with E-state index in [-0.39, 0.29) is 36.0 Å². The van der Waals surface area contributed by atoms with Crippen LogP contribution in [0.25, 0.3) is 0 Å². The second-order valence-electron chi connectivity index (χ2n) is 6.52. The van der Waals surface area contributed by atoms with Gasteiger partial charge in [0.05, 0.1) is 10.5 Å². The van der Waals surface area contributed by atoms with E-state index in [1.165, 1.54) is 48.5 Å². The van der Waals surface area contributed by atoms with Gasteiger partial charge in [-0.1, -0.05) is 12.1 Å². The van der Waals surface area contributed by atoms with E-state index in [9.17, 15) is 22.8 Å². The molecule has 1 aliphatic heterocycles. The molecule has 1 fully saturated rings. The quantitative estimate of drug-likeness (QED) is 0.501. The fourth-order valence-electron chi connectivity index (χ4n) is 2.77. The van der Waals surface area contributed by atoms with Crippen LogP contribution in [0.15, 0.2) is 41.8 Å². The Kier molecular flexibility index (Phi) is 7.52. The average Bonchev–Trinajstić information content (AvgIpc) is 2.71. The van der Waals surface area contributed by atoms with Crippen LogP contribution in [0.4, 0.5) is 0 Å². The number of sulfonamides is 1. The molecule has 10 heteroatoms. The monoisotopic (exact) mass is 423 g/mol. The molecule has 29 heavy (non-hydrogen) atoms. The van der Waals surface area contributed by atoms with Crippen molar-refractivity contribution >= 4 is 27.8 Å². The van der Waals surface area contributed by atoms with Crippen LogP contribution in [-0.2, 0) is 24.3 Å². The van der Waals surface area contributed by atoms with Crippen LogP contribution in [0.1, 0.15) is 24.2 Å². The van der Waals surface area contributed by atoms with Gasteiger partial charge in [-0.05, 0) is 25.1 Å². The molecule has 0 spiro atoms. The Balaban J connectivity index is 2.10. The Hall–Kier alpha value is -2.72. The number of nitrogens with zero attached hydrogens (tertiary/aromatic N) is 2. The zero-order valence-electron chi connectivity index (χ0n) is 16.5. The number of hydrogen-bond acceptors (Lipinski definition) is 6. The third-order valence-electron chi connectivity index (χ3n) is 4.47. The topological polar surface area (TPSA) is 113 Å². The Morgan fingerprint density at radius 1 is 1.24 bits per heavy atom. The van der Waals surface area contributed by atoms with Crippen molar-refractivity contribution in [3.63, 3.8) is 0 Å². The first-order chi connectivity index (χ1) is 13.7. The summed E-state index contributed by atoms with van der Waals surface area (Å²) in [6.45, 7) is 7.57. The van der Waals surface area contributed by atoms with Crippen molar-refractivity contribution in [3.05, 3.63) is 42.5 Å². The number of carbonyl (C=O) groups is 3. The Morgan fingerprint density at radius 3 is 2.48 bits per heavy atom. The predicted molar refractivity (Wildman–Crippen MR) is 106 cm³/mol. The molecule has 0 aromatic heterocycles. The predicted octanol–water partition coefficient (Wildman–Crippen LogP) is 0.387. The van der Waals surface area contributed by atoms with Crippen molar-refractivity contribution in [1.29, 1.82) is 0 Å². The van der Waals surface area contributed by atoms with Gasteiger partial charge in [0.1, 0.15) is 0 Å². The molecule has 0 unspecified atom stereocenters. The molecule has 2 rings (SSSR count). The van der Waals surface area contributed by atoms with Crippen LogP contribution in [0.3, 0.4) is 0 Å². The molecule has 1 heterocycles.